The molecule has 0 amide bonds. The number of benzene rings is 1. The lowest BCUT2D eigenvalue weighted by atomic mass is 10.3. The van der Waals surface area contributed by atoms with Crippen LogP contribution in [0.5, 0.6) is 5.75 Å². The highest BCUT2D eigenvalue weighted by molar-refractivity contribution is 7.89. The summed E-state index contributed by atoms with van der Waals surface area (Å²) in [5.74, 6) is -0.563. The van der Waals surface area contributed by atoms with Crippen LogP contribution in [-0.4, -0.2) is 41.8 Å². The number of ether oxygens (including phenoxy) is 2. The zero-order chi connectivity index (χ0) is 15.0. The summed E-state index contributed by atoms with van der Waals surface area (Å²) in [5, 5.41) is 0. The van der Waals surface area contributed by atoms with Crippen LogP contribution in [-0.2, 0) is 14.8 Å². The van der Waals surface area contributed by atoms with Crippen LogP contribution in [0.25, 0.3) is 0 Å². The third kappa shape index (κ3) is 5.04. The average Bonchev–Trinajstić information content (AvgIpc) is 2.41. The van der Waals surface area contributed by atoms with Gasteiger partial charge in [-0.2, -0.15) is 0 Å². The fourth-order valence-electron chi connectivity index (χ4n) is 1.43. The van der Waals surface area contributed by atoms with Gasteiger partial charge in [-0.25, -0.2) is 17.5 Å². The van der Waals surface area contributed by atoms with Crippen molar-refractivity contribution >= 4 is 10.0 Å². The van der Waals surface area contributed by atoms with Gasteiger partial charge in [0.15, 0.2) is 0 Å². The number of sulfonamides is 1. The molecule has 114 valence electrons. The first-order valence-corrected chi connectivity index (χ1v) is 7.60. The Balaban J connectivity index is 2.92. The van der Waals surface area contributed by atoms with E-state index in [4.69, 9.17) is 15.2 Å². The molecule has 0 aliphatic rings. The molecule has 0 aliphatic carbocycles. The van der Waals surface area contributed by atoms with Crippen molar-refractivity contribution in [1.29, 1.82) is 0 Å². The van der Waals surface area contributed by atoms with E-state index in [2.05, 4.69) is 4.72 Å². The van der Waals surface area contributed by atoms with Gasteiger partial charge in [0.1, 0.15) is 23.1 Å². The first kappa shape index (κ1) is 16.8. The number of halogens is 1. The monoisotopic (exact) mass is 306 g/mol. The molecule has 0 saturated carbocycles. The molecule has 0 aliphatic heterocycles. The Labute approximate surface area is 118 Å². The number of hydrogen-bond donors (Lipinski definition) is 2. The Bertz CT molecular complexity index is 522. The minimum Gasteiger partial charge on any atom is -0.490 e. The van der Waals surface area contributed by atoms with Crippen molar-refractivity contribution in [2.45, 2.75) is 11.3 Å². The number of nitrogens with one attached hydrogen (secondary N) is 1. The van der Waals surface area contributed by atoms with Gasteiger partial charge >= 0.3 is 0 Å². The van der Waals surface area contributed by atoms with Crippen LogP contribution in [0, 0.1) is 5.82 Å². The smallest absolute Gasteiger partial charge is 0.244 e. The fourth-order valence-corrected chi connectivity index (χ4v) is 2.66. The Kier molecular flexibility index (Phi) is 6.86. The quantitative estimate of drug-likeness (QED) is 0.648. The van der Waals surface area contributed by atoms with E-state index >= 15 is 0 Å². The van der Waals surface area contributed by atoms with E-state index in [1.165, 1.54) is 13.2 Å². The lowest BCUT2D eigenvalue weighted by Crippen LogP contribution is -2.27. The highest BCUT2D eigenvalue weighted by atomic mass is 32.2. The van der Waals surface area contributed by atoms with Crippen molar-refractivity contribution in [2.75, 3.05) is 33.4 Å². The minimum atomic E-state index is -3.83. The van der Waals surface area contributed by atoms with Crippen molar-refractivity contribution in [3.8, 4) is 5.75 Å². The first-order chi connectivity index (χ1) is 9.51. The third-order valence-corrected chi connectivity index (χ3v) is 3.90. The lowest BCUT2D eigenvalue weighted by molar-refractivity contribution is 0.144. The molecular formula is C12H19FN2O4S. The summed E-state index contributed by atoms with van der Waals surface area (Å²) in [7, 11) is -2.33. The largest absolute Gasteiger partial charge is 0.490 e. The van der Waals surface area contributed by atoms with Gasteiger partial charge in [-0.05, 0) is 31.2 Å². The maximum atomic E-state index is 13.3. The number of methoxy groups -OCH3 is 1. The van der Waals surface area contributed by atoms with Crippen molar-refractivity contribution in [3.05, 3.63) is 24.0 Å². The standard InChI is InChI=1S/C12H19FN2O4S/c1-18-7-8-19-11-4-3-10(13)9-12(11)20(16,17)15-6-2-5-14/h3-4,9,15H,2,5-8,14H2,1H3. The number of nitrogens with two attached hydrogens (primary N) is 1. The van der Waals surface area contributed by atoms with E-state index in [1.807, 2.05) is 0 Å². The summed E-state index contributed by atoms with van der Waals surface area (Å²) in [5.41, 5.74) is 5.30. The molecule has 20 heavy (non-hydrogen) atoms. The second-order valence-corrected chi connectivity index (χ2v) is 5.71. The Morgan fingerprint density at radius 1 is 1.35 bits per heavy atom. The van der Waals surface area contributed by atoms with Gasteiger partial charge in [0, 0.05) is 13.7 Å². The van der Waals surface area contributed by atoms with E-state index in [-0.39, 0.29) is 23.8 Å². The van der Waals surface area contributed by atoms with E-state index in [0.29, 0.717) is 19.6 Å². The highest BCUT2D eigenvalue weighted by Gasteiger charge is 2.20. The predicted molar refractivity (Wildman–Crippen MR) is 72.6 cm³/mol. The first-order valence-electron chi connectivity index (χ1n) is 6.12. The van der Waals surface area contributed by atoms with E-state index in [0.717, 1.165) is 12.1 Å². The Hall–Kier alpha value is -1.22. The Morgan fingerprint density at radius 3 is 2.75 bits per heavy atom. The molecule has 1 aromatic carbocycles. The van der Waals surface area contributed by atoms with Crippen molar-refractivity contribution < 1.29 is 22.3 Å². The van der Waals surface area contributed by atoms with Gasteiger partial charge in [-0.1, -0.05) is 0 Å². The van der Waals surface area contributed by atoms with Gasteiger partial charge in [0.2, 0.25) is 10.0 Å². The zero-order valence-electron chi connectivity index (χ0n) is 11.3. The summed E-state index contributed by atoms with van der Waals surface area (Å²) in [4.78, 5) is -0.231. The molecule has 0 fully saturated rings. The molecule has 6 nitrogen and oxygen atoms in total. The SMILES string of the molecule is COCCOc1ccc(F)cc1S(=O)(=O)NCCCN. The summed E-state index contributed by atoms with van der Waals surface area (Å²) in [6.45, 7) is 1.03. The molecule has 0 radical (unpaired) electrons. The summed E-state index contributed by atoms with van der Waals surface area (Å²) in [6.07, 6.45) is 0.494. The van der Waals surface area contributed by atoms with Crippen molar-refractivity contribution in [3.63, 3.8) is 0 Å². The van der Waals surface area contributed by atoms with Crippen LogP contribution in [0.4, 0.5) is 4.39 Å². The van der Waals surface area contributed by atoms with Crippen LogP contribution in [0.3, 0.4) is 0 Å². The summed E-state index contributed by atoms with van der Waals surface area (Å²) in [6, 6.07) is 3.34. The van der Waals surface area contributed by atoms with Gasteiger partial charge in [-0.15, -0.1) is 0 Å². The molecular weight excluding hydrogens is 287 g/mol. The van der Waals surface area contributed by atoms with E-state index < -0.39 is 15.8 Å². The predicted octanol–water partition coefficient (Wildman–Crippen LogP) is 0.478. The Morgan fingerprint density at radius 2 is 2.10 bits per heavy atom. The van der Waals surface area contributed by atoms with Gasteiger partial charge in [0.05, 0.1) is 6.61 Å². The molecule has 8 heteroatoms. The summed E-state index contributed by atoms with van der Waals surface area (Å²) < 4.78 is 49.9. The topological polar surface area (TPSA) is 90.6 Å². The van der Waals surface area contributed by atoms with Crippen molar-refractivity contribution in [1.82, 2.24) is 4.72 Å². The van der Waals surface area contributed by atoms with Crippen LogP contribution in [0.2, 0.25) is 0 Å². The minimum absolute atomic E-state index is 0.0868. The highest BCUT2D eigenvalue weighted by Crippen LogP contribution is 2.24. The third-order valence-electron chi connectivity index (χ3n) is 2.41. The van der Waals surface area contributed by atoms with Gasteiger partial charge in [-0.3, -0.25) is 0 Å². The molecule has 0 saturated heterocycles. The second kappa shape index (κ2) is 8.15. The molecule has 0 bridgehead atoms. The second-order valence-electron chi connectivity index (χ2n) is 3.97. The molecule has 1 rings (SSSR count). The zero-order valence-corrected chi connectivity index (χ0v) is 12.1. The molecule has 0 heterocycles. The lowest BCUT2D eigenvalue weighted by Gasteiger charge is -2.12. The number of hydrogen-bond acceptors (Lipinski definition) is 5. The van der Waals surface area contributed by atoms with E-state index in [1.54, 1.807) is 0 Å². The van der Waals surface area contributed by atoms with Crippen LogP contribution in [0.1, 0.15) is 6.42 Å². The summed E-state index contributed by atoms with van der Waals surface area (Å²) >= 11 is 0. The van der Waals surface area contributed by atoms with Crippen molar-refractivity contribution in [2.24, 2.45) is 5.73 Å². The fraction of sp³-hybridized carbons (Fsp3) is 0.500. The maximum Gasteiger partial charge on any atom is 0.244 e. The molecule has 0 atom stereocenters. The normalized spacial score (nSPS) is 11.6. The van der Waals surface area contributed by atoms with Crippen LogP contribution >= 0.6 is 0 Å². The van der Waals surface area contributed by atoms with Crippen LogP contribution < -0.4 is 15.2 Å². The maximum absolute atomic E-state index is 13.3. The van der Waals surface area contributed by atoms with Gasteiger partial charge < -0.3 is 15.2 Å². The number of rotatable bonds is 9. The average molecular weight is 306 g/mol. The molecule has 0 aromatic heterocycles. The molecule has 3 N–H and O–H groups in total. The van der Waals surface area contributed by atoms with Crippen LogP contribution in [0.15, 0.2) is 23.1 Å². The molecule has 0 spiro atoms. The van der Waals surface area contributed by atoms with Gasteiger partial charge in [0.25, 0.3) is 0 Å². The van der Waals surface area contributed by atoms with E-state index in [9.17, 15) is 12.8 Å². The molecule has 0 unspecified atom stereocenters. The molecule has 1 aromatic rings.